The molecule has 1 fully saturated rings. The van der Waals surface area contributed by atoms with Gasteiger partial charge in [0, 0.05) is 6.04 Å². The van der Waals surface area contributed by atoms with Crippen LogP contribution >= 0.6 is 12.4 Å². The zero-order valence-corrected chi connectivity index (χ0v) is 6.08. The van der Waals surface area contributed by atoms with Crippen molar-refractivity contribution in [1.29, 1.82) is 0 Å². The van der Waals surface area contributed by atoms with Gasteiger partial charge in [0.25, 0.3) is 0 Å². The molecule has 2 atom stereocenters. The van der Waals surface area contributed by atoms with Crippen LogP contribution in [0.2, 0.25) is 0 Å². The summed E-state index contributed by atoms with van der Waals surface area (Å²) in [7, 11) is 0. The van der Waals surface area contributed by atoms with Gasteiger partial charge in [-0.1, -0.05) is 13.3 Å². The van der Waals surface area contributed by atoms with Crippen LogP contribution in [0.5, 0.6) is 0 Å². The number of hydrogen-bond donors (Lipinski definition) is 1. The maximum absolute atomic E-state index is 5.68. The maximum Gasteiger partial charge on any atom is 0.00645 e. The van der Waals surface area contributed by atoms with Crippen LogP contribution in [-0.2, 0) is 0 Å². The lowest BCUT2D eigenvalue weighted by atomic mass is 10.1. The van der Waals surface area contributed by atoms with Crippen LogP contribution in [0.3, 0.4) is 0 Å². The van der Waals surface area contributed by atoms with E-state index >= 15 is 0 Å². The van der Waals surface area contributed by atoms with E-state index < -0.39 is 0 Å². The summed E-state index contributed by atoms with van der Waals surface area (Å²) in [5, 5.41) is 0. The largest absolute Gasteiger partial charge is 0.327 e. The number of halogens is 1. The summed E-state index contributed by atoms with van der Waals surface area (Å²) in [5.41, 5.74) is 5.68. The molecular formula is C6H14ClN. The van der Waals surface area contributed by atoms with Crippen molar-refractivity contribution in [2.45, 2.75) is 32.2 Å². The Balaban J connectivity index is 0.000000490. The SMILES string of the molecule is C[C@H]1CCC[C@@H]1N.Cl. The van der Waals surface area contributed by atoms with E-state index in [2.05, 4.69) is 6.92 Å². The summed E-state index contributed by atoms with van der Waals surface area (Å²) >= 11 is 0. The van der Waals surface area contributed by atoms with E-state index in [0.717, 1.165) is 5.92 Å². The van der Waals surface area contributed by atoms with Gasteiger partial charge in [-0.05, 0) is 18.8 Å². The summed E-state index contributed by atoms with van der Waals surface area (Å²) < 4.78 is 0. The normalized spacial score (nSPS) is 36.8. The number of hydrogen-bond acceptors (Lipinski definition) is 1. The predicted molar refractivity (Wildman–Crippen MR) is 38.2 cm³/mol. The standard InChI is InChI=1S/C6H13N.ClH/c1-5-3-2-4-6(5)7;/h5-6H,2-4,7H2,1H3;1H/t5-,6-;/m0./s1. The molecule has 0 unspecified atom stereocenters. The molecule has 1 aliphatic carbocycles. The zero-order chi connectivity index (χ0) is 5.28. The van der Waals surface area contributed by atoms with Crippen molar-refractivity contribution in [2.75, 3.05) is 0 Å². The second-order valence-corrected chi connectivity index (χ2v) is 2.57. The van der Waals surface area contributed by atoms with Gasteiger partial charge in [0.1, 0.15) is 0 Å². The fourth-order valence-electron chi connectivity index (χ4n) is 1.17. The molecule has 2 heteroatoms. The molecule has 0 saturated heterocycles. The molecule has 0 heterocycles. The van der Waals surface area contributed by atoms with Gasteiger partial charge in [0.15, 0.2) is 0 Å². The highest BCUT2D eigenvalue weighted by atomic mass is 35.5. The molecule has 1 nitrogen and oxygen atoms in total. The second kappa shape index (κ2) is 3.31. The number of rotatable bonds is 0. The van der Waals surface area contributed by atoms with E-state index in [0.29, 0.717) is 6.04 Å². The van der Waals surface area contributed by atoms with Crippen LogP contribution in [-0.4, -0.2) is 6.04 Å². The third-order valence-corrected chi connectivity index (χ3v) is 1.93. The third kappa shape index (κ3) is 1.64. The molecule has 0 aliphatic heterocycles. The highest BCUT2D eigenvalue weighted by Gasteiger charge is 2.18. The Labute approximate surface area is 57.1 Å². The highest BCUT2D eigenvalue weighted by molar-refractivity contribution is 5.85. The molecule has 0 spiro atoms. The van der Waals surface area contributed by atoms with Crippen molar-refractivity contribution < 1.29 is 0 Å². The van der Waals surface area contributed by atoms with Crippen LogP contribution in [0.25, 0.3) is 0 Å². The fraction of sp³-hybridized carbons (Fsp3) is 1.00. The Morgan fingerprint density at radius 1 is 1.38 bits per heavy atom. The molecule has 0 bridgehead atoms. The van der Waals surface area contributed by atoms with Crippen LogP contribution in [0, 0.1) is 5.92 Å². The van der Waals surface area contributed by atoms with Crippen molar-refractivity contribution in [2.24, 2.45) is 11.7 Å². The molecule has 0 radical (unpaired) electrons. The highest BCUT2D eigenvalue weighted by Crippen LogP contribution is 2.22. The first-order valence-electron chi connectivity index (χ1n) is 3.06. The molecule has 1 rings (SSSR count). The van der Waals surface area contributed by atoms with Gasteiger partial charge >= 0.3 is 0 Å². The van der Waals surface area contributed by atoms with Crippen LogP contribution < -0.4 is 5.73 Å². The molecular weight excluding hydrogens is 122 g/mol. The Morgan fingerprint density at radius 2 is 2.00 bits per heavy atom. The van der Waals surface area contributed by atoms with Gasteiger partial charge in [-0.3, -0.25) is 0 Å². The Kier molecular flexibility index (Phi) is 3.41. The van der Waals surface area contributed by atoms with Crippen LogP contribution in [0.1, 0.15) is 26.2 Å². The first-order valence-corrected chi connectivity index (χ1v) is 3.06. The summed E-state index contributed by atoms with van der Waals surface area (Å²) in [6, 6.07) is 0.514. The van der Waals surface area contributed by atoms with Crippen molar-refractivity contribution in [3.8, 4) is 0 Å². The Morgan fingerprint density at radius 3 is 2.12 bits per heavy atom. The van der Waals surface area contributed by atoms with E-state index in [-0.39, 0.29) is 12.4 Å². The third-order valence-electron chi connectivity index (χ3n) is 1.93. The molecule has 50 valence electrons. The van der Waals surface area contributed by atoms with E-state index in [1.807, 2.05) is 0 Å². The first-order chi connectivity index (χ1) is 3.30. The first kappa shape index (κ1) is 8.25. The lowest BCUT2D eigenvalue weighted by molar-refractivity contribution is 0.527. The number of nitrogens with two attached hydrogens (primary N) is 1. The molecule has 0 aromatic heterocycles. The van der Waals surface area contributed by atoms with Crippen LogP contribution in [0.4, 0.5) is 0 Å². The van der Waals surface area contributed by atoms with Gasteiger partial charge in [-0.15, -0.1) is 12.4 Å². The van der Waals surface area contributed by atoms with Gasteiger partial charge in [0.05, 0.1) is 0 Å². The van der Waals surface area contributed by atoms with Crippen molar-refractivity contribution in [3.05, 3.63) is 0 Å². The van der Waals surface area contributed by atoms with Crippen molar-refractivity contribution in [1.82, 2.24) is 0 Å². The molecule has 0 aromatic rings. The summed E-state index contributed by atoms with van der Waals surface area (Å²) in [6.07, 6.45) is 3.95. The van der Waals surface area contributed by atoms with Gasteiger partial charge in [0.2, 0.25) is 0 Å². The maximum atomic E-state index is 5.68. The minimum atomic E-state index is 0. The topological polar surface area (TPSA) is 26.0 Å². The average molecular weight is 136 g/mol. The lowest BCUT2D eigenvalue weighted by Gasteiger charge is -2.05. The summed E-state index contributed by atoms with van der Waals surface area (Å²) in [6.45, 7) is 2.23. The monoisotopic (exact) mass is 135 g/mol. The molecule has 1 aliphatic rings. The smallest absolute Gasteiger partial charge is 0.00645 e. The summed E-state index contributed by atoms with van der Waals surface area (Å²) in [4.78, 5) is 0. The molecule has 0 amide bonds. The molecule has 2 N–H and O–H groups in total. The van der Waals surface area contributed by atoms with E-state index in [1.54, 1.807) is 0 Å². The molecule has 0 aromatic carbocycles. The Bertz CT molecular complexity index is 57.5. The fourth-order valence-corrected chi connectivity index (χ4v) is 1.17. The van der Waals surface area contributed by atoms with E-state index in [4.69, 9.17) is 5.73 Å². The van der Waals surface area contributed by atoms with Gasteiger partial charge < -0.3 is 5.73 Å². The lowest BCUT2D eigenvalue weighted by Crippen LogP contribution is -2.21. The predicted octanol–water partition coefficient (Wildman–Crippen LogP) is 1.56. The Hall–Kier alpha value is 0.250. The van der Waals surface area contributed by atoms with E-state index in [9.17, 15) is 0 Å². The second-order valence-electron chi connectivity index (χ2n) is 2.57. The quantitative estimate of drug-likeness (QED) is 0.536. The van der Waals surface area contributed by atoms with E-state index in [1.165, 1.54) is 19.3 Å². The minimum absolute atomic E-state index is 0. The summed E-state index contributed by atoms with van der Waals surface area (Å²) in [5.74, 6) is 0.792. The van der Waals surface area contributed by atoms with Crippen molar-refractivity contribution in [3.63, 3.8) is 0 Å². The minimum Gasteiger partial charge on any atom is -0.327 e. The average Bonchev–Trinajstić information content (AvgIpc) is 1.91. The van der Waals surface area contributed by atoms with Gasteiger partial charge in [-0.2, -0.15) is 0 Å². The van der Waals surface area contributed by atoms with Crippen LogP contribution in [0.15, 0.2) is 0 Å². The molecule has 8 heavy (non-hydrogen) atoms. The van der Waals surface area contributed by atoms with Crippen molar-refractivity contribution >= 4 is 12.4 Å². The molecule has 1 saturated carbocycles. The zero-order valence-electron chi connectivity index (χ0n) is 5.26. The van der Waals surface area contributed by atoms with Gasteiger partial charge in [-0.25, -0.2) is 0 Å².